The van der Waals surface area contributed by atoms with Crippen molar-refractivity contribution in [2.75, 3.05) is 12.4 Å². The summed E-state index contributed by atoms with van der Waals surface area (Å²) in [6, 6.07) is 6.85. The van der Waals surface area contributed by atoms with Gasteiger partial charge in [-0.05, 0) is 31.2 Å². The third-order valence-electron chi connectivity index (χ3n) is 2.85. The van der Waals surface area contributed by atoms with Crippen LogP contribution >= 0.6 is 0 Å². The van der Waals surface area contributed by atoms with Crippen molar-refractivity contribution >= 4 is 17.6 Å². The first-order valence-corrected chi connectivity index (χ1v) is 6.08. The highest BCUT2D eigenvalue weighted by Gasteiger charge is 2.16. The van der Waals surface area contributed by atoms with Crippen molar-refractivity contribution in [2.45, 2.75) is 13.5 Å². The van der Waals surface area contributed by atoms with Gasteiger partial charge in [0.2, 0.25) is 5.91 Å². The molecule has 0 bridgehead atoms. The van der Waals surface area contributed by atoms with Crippen LogP contribution in [0.15, 0.2) is 24.3 Å². The average molecular weight is 290 g/mol. The lowest BCUT2D eigenvalue weighted by Gasteiger charge is -2.07. The number of ether oxygens (including phenoxy) is 1. The summed E-state index contributed by atoms with van der Waals surface area (Å²) < 4.78 is 6.26. The number of benzene rings is 1. The van der Waals surface area contributed by atoms with E-state index in [2.05, 4.69) is 15.6 Å². The van der Waals surface area contributed by atoms with E-state index >= 15 is 0 Å². The lowest BCUT2D eigenvalue weighted by molar-refractivity contribution is -0.117. The number of carbonyl (C=O) groups is 2. The summed E-state index contributed by atoms with van der Waals surface area (Å²) in [5.74, 6) is -0.814. The van der Waals surface area contributed by atoms with Gasteiger partial charge in [-0.25, -0.2) is 9.48 Å². The molecule has 1 aromatic carbocycles. The van der Waals surface area contributed by atoms with Crippen molar-refractivity contribution in [3.63, 3.8) is 0 Å². The van der Waals surface area contributed by atoms with Gasteiger partial charge in [0.25, 0.3) is 0 Å². The Bertz CT molecular complexity index is 663. The fourth-order valence-corrected chi connectivity index (χ4v) is 1.72. The minimum Gasteiger partial charge on any atom is -0.497 e. The summed E-state index contributed by atoms with van der Waals surface area (Å²) in [6.45, 7) is 1.43. The zero-order valence-corrected chi connectivity index (χ0v) is 11.5. The van der Waals surface area contributed by atoms with Gasteiger partial charge in [-0.1, -0.05) is 5.21 Å². The van der Waals surface area contributed by atoms with Crippen LogP contribution in [0.3, 0.4) is 0 Å². The Morgan fingerprint density at radius 3 is 2.52 bits per heavy atom. The van der Waals surface area contributed by atoms with Gasteiger partial charge in [-0.15, -0.1) is 5.10 Å². The number of nitrogens with zero attached hydrogens (tertiary/aromatic N) is 3. The van der Waals surface area contributed by atoms with Crippen LogP contribution in [0.4, 0.5) is 5.69 Å². The number of amides is 1. The second-order valence-electron chi connectivity index (χ2n) is 4.26. The van der Waals surface area contributed by atoms with Crippen LogP contribution in [0.1, 0.15) is 16.2 Å². The van der Waals surface area contributed by atoms with Crippen LogP contribution < -0.4 is 10.1 Å². The summed E-state index contributed by atoms with van der Waals surface area (Å²) in [4.78, 5) is 22.7. The minimum atomic E-state index is -1.17. The van der Waals surface area contributed by atoms with Gasteiger partial charge >= 0.3 is 5.97 Å². The Labute approximate surface area is 120 Å². The van der Waals surface area contributed by atoms with Crippen molar-refractivity contribution in [3.05, 3.63) is 35.7 Å². The van der Waals surface area contributed by atoms with Crippen LogP contribution in [0, 0.1) is 6.92 Å². The highest BCUT2D eigenvalue weighted by Crippen LogP contribution is 2.15. The maximum absolute atomic E-state index is 11.9. The third kappa shape index (κ3) is 3.35. The summed E-state index contributed by atoms with van der Waals surface area (Å²) in [6.07, 6.45) is 0. The zero-order valence-electron chi connectivity index (χ0n) is 11.5. The molecule has 0 spiro atoms. The lowest BCUT2D eigenvalue weighted by Crippen LogP contribution is -2.20. The largest absolute Gasteiger partial charge is 0.497 e. The summed E-state index contributed by atoms with van der Waals surface area (Å²) >= 11 is 0. The number of aromatic nitrogens is 3. The fourth-order valence-electron chi connectivity index (χ4n) is 1.72. The molecule has 8 heteroatoms. The molecule has 0 fully saturated rings. The van der Waals surface area contributed by atoms with E-state index in [9.17, 15) is 9.59 Å². The minimum absolute atomic E-state index is 0.113. The van der Waals surface area contributed by atoms with Gasteiger partial charge in [-0.2, -0.15) is 0 Å². The highest BCUT2D eigenvalue weighted by molar-refractivity contribution is 5.91. The van der Waals surface area contributed by atoms with Gasteiger partial charge < -0.3 is 15.2 Å². The molecule has 1 amide bonds. The molecule has 2 N–H and O–H groups in total. The molecule has 0 saturated carbocycles. The van der Waals surface area contributed by atoms with Gasteiger partial charge in [0, 0.05) is 5.69 Å². The quantitative estimate of drug-likeness (QED) is 0.848. The Morgan fingerprint density at radius 1 is 1.33 bits per heavy atom. The van der Waals surface area contributed by atoms with Crippen molar-refractivity contribution in [3.8, 4) is 5.75 Å². The molecule has 0 atom stereocenters. The molecule has 2 aromatic rings. The van der Waals surface area contributed by atoms with Crippen LogP contribution in [0.5, 0.6) is 5.75 Å². The van der Waals surface area contributed by atoms with E-state index in [-0.39, 0.29) is 18.1 Å². The van der Waals surface area contributed by atoms with Gasteiger partial charge in [0.1, 0.15) is 12.3 Å². The molecule has 2 rings (SSSR count). The number of hydrogen-bond donors (Lipinski definition) is 2. The molecule has 21 heavy (non-hydrogen) atoms. The fraction of sp³-hybridized carbons (Fsp3) is 0.231. The Morgan fingerprint density at radius 2 is 2.00 bits per heavy atom. The number of rotatable bonds is 5. The molecule has 0 aliphatic rings. The number of anilines is 1. The van der Waals surface area contributed by atoms with E-state index in [1.807, 2.05) is 0 Å². The zero-order chi connectivity index (χ0) is 15.4. The van der Waals surface area contributed by atoms with E-state index in [0.29, 0.717) is 17.1 Å². The van der Waals surface area contributed by atoms with E-state index in [1.54, 1.807) is 38.3 Å². The SMILES string of the molecule is COc1ccc(NC(=O)Cn2nnc(C(=O)O)c2C)cc1. The van der Waals surface area contributed by atoms with Crippen molar-refractivity contribution in [1.82, 2.24) is 15.0 Å². The number of aromatic carboxylic acids is 1. The van der Waals surface area contributed by atoms with E-state index < -0.39 is 5.97 Å². The Hall–Kier alpha value is -2.90. The summed E-state index contributed by atoms with van der Waals surface area (Å²) in [5.41, 5.74) is 0.775. The number of carboxylic acids is 1. The van der Waals surface area contributed by atoms with Crippen LogP contribution in [0.25, 0.3) is 0 Å². The van der Waals surface area contributed by atoms with Crippen molar-refractivity contribution < 1.29 is 19.4 Å². The van der Waals surface area contributed by atoms with Crippen molar-refractivity contribution in [1.29, 1.82) is 0 Å². The van der Waals surface area contributed by atoms with Crippen molar-refractivity contribution in [2.24, 2.45) is 0 Å². The maximum atomic E-state index is 11.9. The molecule has 0 aliphatic heterocycles. The van der Waals surface area contributed by atoms with E-state index in [4.69, 9.17) is 9.84 Å². The molecule has 0 unspecified atom stereocenters. The summed E-state index contributed by atoms with van der Waals surface area (Å²) in [5, 5.41) is 18.7. The smallest absolute Gasteiger partial charge is 0.358 e. The number of hydrogen-bond acceptors (Lipinski definition) is 5. The topological polar surface area (TPSA) is 106 Å². The predicted molar refractivity (Wildman–Crippen MR) is 73.3 cm³/mol. The number of methoxy groups -OCH3 is 1. The first-order valence-electron chi connectivity index (χ1n) is 6.08. The second kappa shape index (κ2) is 6.04. The second-order valence-corrected chi connectivity index (χ2v) is 4.26. The molecular weight excluding hydrogens is 276 g/mol. The van der Waals surface area contributed by atoms with E-state index in [0.717, 1.165) is 0 Å². The monoisotopic (exact) mass is 290 g/mol. The predicted octanol–water partition coefficient (Wildman–Crippen LogP) is 0.932. The molecular formula is C13H14N4O4. The first-order chi connectivity index (χ1) is 10.0. The Kier molecular flexibility index (Phi) is 4.17. The molecule has 0 aliphatic carbocycles. The number of nitrogens with one attached hydrogen (secondary N) is 1. The normalized spacial score (nSPS) is 10.2. The molecule has 0 saturated heterocycles. The standard InChI is InChI=1S/C13H14N4O4/c1-8-12(13(19)20)15-16-17(8)7-11(18)14-9-3-5-10(21-2)6-4-9/h3-6H,7H2,1-2H3,(H,14,18)(H,19,20). The third-order valence-corrected chi connectivity index (χ3v) is 2.85. The summed E-state index contributed by atoms with van der Waals surface area (Å²) in [7, 11) is 1.56. The van der Waals surface area contributed by atoms with E-state index in [1.165, 1.54) is 4.68 Å². The average Bonchev–Trinajstić information content (AvgIpc) is 2.81. The van der Waals surface area contributed by atoms with Crippen LogP contribution in [-0.4, -0.2) is 39.1 Å². The highest BCUT2D eigenvalue weighted by atomic mass is 16.5. The number of carbonyl (C=O) groups excluding carboxylic acids is 1. The van der Waals surface area contributed by atoms with Gasteiger partial charge in [0.05, 0.1) is 12.8 Å². The molecule has 1 aromatic heterocycles. The molecule has 1 heterocycles. The number of carboxylic acid groups (broad SMARTS) is 1. The molecule has 0 radical (unpaired) electrons. The maximum Gasteiger partial charge on any atom is 0.358 e. The Balaban J connectivity index is 2.02. The lowest BCUT2D eigenvalue weighted by atomic mass is 10.3. The van der Waals surface area contributed by atoms with Gasteiger partial charge in [0.15, 0.2) is 5.69 Å². The molecule has 110 valence electrons. The van der Waals surface area contributed by atoms with Crippen LogP contribution in [0.2, 0.25) is 0 Å². The van der Waals surface area contributed by atoms with Gasteiger partial charge in [-0.3, -0.25) is 4.79 Å². The van der Waals surface area contributed by atoms with Crippen LogP contribution in [-0.2, 0) is 11.3 Å². The first kappa shape index (κ1) is 14.5. The molecule has 8 nitrogen and oxygen atoms in total.